The molecule has 1 aromatic heterocycles. The standard InChI is InChI=1S/C19H19N3O3S/c1-13-3-5-14(6-4-13)15-7-9-16(10-8-15)25-11-17(23)20-19-22-21-18(26-19)12-24-2/h3-10H,11-12H2,1-2H3,(H,20,22,23). The van der Waals surface area contributed by atoms with Crippen LogP contribution in [0.4, 0.5) is 5.13 Å². The lowest BCUT2D eigenvalue weighted by atomic mass is 10.0. The minimum atomic E-state index is -0.285. The van der Waals surface area contributed by atoms with Gasteiger partial charge in [-0.2, -0.15) is 0 Å². The van der Waals surface area contributed by atoms with Crippen molar-refractivity contribution in [2.75, 3.05) is 19.0 Å². The molecule has 0 aliphatic rings. The van der Waals surface area contributed by atoms with E-state index in [1.807, 2.05) is 24.3 Å². The molecular formula is C19H19N3O3S. The van der Waals surface area contributed by atoms with E-state index in [9.17, 15) is 4.79 Å². The van der Waals surface area contributed by atoms with Crippen LogP contribution in [-0.4, -0.2) is 29.8 Å². The molecule has 2 aromatic carbocycles. The summed E-state index contributed by atoms with van der Waals surface area (Å²) in [6.07, 6.45) is 0. The highest BCUT2D eigenvalue weighted by Crippen LogP contribution is 2.23. The molecule has 0 bridgehead atoms. The molecule has 0 fully saturated rings. The van der Waals surface area contributed by atoms with E-state index in [1.54, 1.807) is 7.11 Å². The summed E-state index contributed by atoms with van der Waals surface area (Å²) in [6, 6.07) is 16.0. The number of carbonyl (C=O) groups excluding carboxylic acids is 1. The minimum absolute atomic E-state index is 0.0942. The van der Waals surface area contributed by atoms with Gasteiger partial charge < -0.3 is 9.47 Å². The summed E-state index contributed by atoms with van der Waals surface area (Å²) < 4.78 is 10.5. The molecule has 0 aliphatic carbocycles. The number of ether oxygens (including phenoxy) is 2. The lowest BCUT2D eigenvalue weighted by Gasteiger charge is -2.07. The predicted molar refractivity (Wildman–Crippen MR) is 101 cm³/mol. The normalized spacial score (nSPS) is 10.5. The summed E-state index contributed by atoms with van der Waals surface area (Å²) in [5.41, 5.74) is 3.47. The van der Waals surface area contributed by atoms with Crippen molar-refractivity contribution in [3.63, 3.8) is 0 Å². The second-order valence-corrected chi connectivity index (χ2v) is 6.72. The van der Waals surface area contributed by atoms with E-state index in [2.05, 4.69) is 46.7 Å². The van der Waals surface area contributed by atoms with Gasteiger partial charge in [-0.1, -0.05) is 53.3 Å². The van der Waals surface area contributed by atoms with Gasteiger partial charge in [0.2, 0.25) is 5.13 Å². The minimum Gasteiger partial charge on any atom is -0.484 e. The SMILES string of the molecule is COCc1nnc(NC(=O)COc2ccc(-c3ccc(C)cc3)cc2)s1. The number of benzene rings is 2. The number of aromatic nitrogens is 2. The van der Waals surface area contributed by atoms with E-state index in [1.165, 1.54) is 16.9 Å². The topological polar surface area (TPSA) is 73.3 Å². The zero-order valence-electron chi connectivity index (χ0n) is 14.6. The Morgan fingerprint density at radius 1 is 1.04 bits per heavy atom. The molecule has 1 N–H and O–H groups in total. The van der Waals surface area contributed by atoms with Gasteiger partial charge in [0.05, 0.1) is 0 Å². The molecule has 6 nitrogen and oxygen atoms in total. The molecule has 0 saturated carbocycles. The van der Waals surface area contributed by atoms with Crippen molar-refractivity contribution in [2.45, 2.75) is 13.5 Å². The number of nitrogens with one attached hydrogen (secondary N) is 1. The van der Waals surface area contributed by atoms with Crippen LogP contribution >= 0.6 is 11.3 Å². The highest BCUT2D eigenvalue weighted by Gasteiger charge is 2.09. The van der Waals surface area contributed by atoms with Gasteiger partial charge in [0.1, 0.15) is 17.4 Å². The number of carbonyl (C=O) groups is 1. The van der Waals surface area contributed by atoms with Crippen molar-refractivity contribution >= 4 is 22.4 Å². The third-order valence-corrected chi connectivity index (χ3v) is 4.40. The quantitative estimate of drug-likeness (QED) is 0.688. The number of aryl methyl sites for hydroxylation is 1. The molecule has 3 rings (SSSR count). The molecule has 0 atom stereocenters. The van der Waals surface area contributed by atoms with E-state index < -0.39 is 0 Å². The fourth-order valence-corrected chi connectivity index (χ4v) is 3.01. The second kappa shape index (κ2) is 8.55. The zero-order valence-corrected chi connectivity index (χ0v) is 15.4. The number of hydrogen-bond donors (Lipinski definition) is 1. The Morgan fingerprint density at radius 3 is 2.35 bits per heavy atom. The first-order valence-electron chi connectivity index (χ1n) is 8.05. The molecule has 1 amide bonds. The van der Waals surface area contributed by atoms with E-state index in [4.69, 9.17) is 9.47 Å². The van der Waals surface area contributed by atoms with Gasteiger partial charge in [0.15, 0.2) is 6.61 Å². The summed E-state index contributed by atoms with van der Waals surface area (Å²) in [4.78, 5) is 11.9. The number of nitrogens with zero attached hydrogens (tertiary/aromatic N) is 2. The van der Waals surface area contributed by atoms with E-state index in [0.717, 1.165) is 11.1 Å². The summed E-state index contributed by atoms with van der Waals surface area (Å²) in [7, 11) is 1.58. The molecule has 26 heavy (non-hydrogen) atoms. The molecular weight excluding hydrogens is 350 g/mol. The Hall–Kier alpha value is -2.77. The van der Waals surface area contributed by atoms with Crippen molar-refractivity contribution in [1.82, 2.24) is 10.2 Å². The first kappa shape index (κ1) is 18.0. The van der Waals surface area contributed by atoms with E-state index >= 15 is 0 Å². The molecule has 7 heteroatoms. The van der Waals surface area contributed by atoms with Crippen LogP contribution in [0, 0.1) is 6.92 Å². The smallest absolute Gasteiger partial charge is 0.264 e. The third-order valence-electron chi connectivity index (χ3n) is 3.59. The largest absolute Gasteiger partial charge is 0.484 e. The van der Waals surface area contributed by atoms with Gasteiger partial charge in [0, 0.05) is 7.11 Å². The van der Waals surface area contributed by atoms with Gasteiger partial charge in [-0.25, -0.2) is 0 Å². The summed E-state index contributed by atoms with van der Waals surface area (Å²) in [6.45, 7) is 2.34. The van der Waals surface area contributed by atoms with Crippen molar-refractivity contribution in [2.24, 2.45) is 0 Å². The maximum atomic E-state index is 11.9. The average Bonchev–Trinajstić information content (AvgIpc) is 3.08. The molecule has 134 valence electrons. The van der Waals surface area contributed by atoms with Gasteiger partial charge in [0.25, 0.3) is 5.91 Å². The zero-order chi connectivity index (χ0) is 18.4. The first-order chi connectivity index (χ1) is 12.6. The molecule has 3 aromatic rings. The first-order valence-corrected chi connectivity index (χ1v) is 8.87. The lowest BCUT2D eigenvalue weighted by molar-refractivity contribution is -0.118. The number of rotatable bonds is 7. The Bertz CT molecular complexity index is 860. The van der Waals surface area contributed by atoms with Crippen LogP contribution in [0.1, 0.15) is 10.6 Å². The maximum Gasteiger partial charge on any atom is 0.264 e. The van der Waals surface area contributed by atoms with Crippen LogP contribution in [0.25, 0.3) is 11.1 Å². The van der Waals surface area contributed by atoms with Crippen LogP contribution in [0.2, 0.25) is 0 Å². The fourth-order valence-electron chi connectivity index (χ4n) is 2.28. The summed E-state index contributed by atoms with van der Waals surface area (Å²) >= 11 is 1.27. The van der Waals surface area contributed by atoms with Crippen LogP contribution in [-0.2, 0) is 16.1 Å². The van der Waals surface area contributed by atoms with Crippen molar-refractivity contribution in [1.29, 1.82) is 0 Å². The van der Waals surface area contributed by atoms with Crippen molar-refractivity contribution < 1.29 is 14.3 Å². The maximum absolute atomic E-state index is 11.9. The van der Waals surface area contributed by atoms with Crippen LogP contribution in [0.15, 0.2) is 48.5 Å². The molecule has 0 unspecified atom stereocenters. The number of anilines is 1. The molecule has 1 heterocycles. The van der Waals surface area contributed by atoms with Gasteiger partial charge >= 0.3 is 0 Å². The molecule has 0 radical (unpaired) electrons. The highest BCUT2D eigenvalue weighted by atomic mass is 32.1. The number of methoxy groups -OCH3 is 1. The van der Waals surface area contributed by atoms with Gasteiger partial charge in [-0.3, -0.25) is 10.1 Å². The number of amides is 1. The third kappa shape index (κ3) is 4.87. The monoisotopic (exact) mass is 369 g/mol. The van der Waals surface area contributed by atoms with Crippen molar-refractivity contribution in [3.05, 3.63) is 59.1 Å². The van der Waals surface area contributed by atoms with Gasteiger partial charge in [-0.05, 0) is 30.2 Å². The lowest BCUT2D eigenvalue weighted by Crippen LogP contribution is -2.20. The van der Waals surface area contributed by atoms with Crippen molar-refractivity contribution in [3.8, 4) is 16.9 Å². The van der Waals surface area contributed by atoms with Gasteiger partial charge in [-0.15, -0.1) is 10.2 Å². The molecule has 0 saturated heterocycles. The molecule has 0 aliphatic heterocycles. The van der Waals surface area contributed by atoms with Crippen LogP contribution in [0.5, 0.6) is 5.75 Å². The Balaban J connectivity index is 1.52. The molecule has 0 spiro atoms. The van der Waals surface area contributed by atoms with E-state index in [0.29, 0.717) is 22.5 Å². The summed E-state index contributed by atoms with van der Waals surface area (Å²) in [5, 5.41) is 11.6. The van der Waals surface area contributed by atoms with Crippen LogP contribution < -0.4 is 10.1 Å². The fraction of sp³-hybridized carbons (Fsp3) is 0.211. The number of hydrogen-bond acceptors (Lipinski definition) is 6. The van der Waals surface area contributed by atoms with Crippen LogP contribution in [0.3, 0.4) is 0 Å². The van der Waals surface area contributed by atoms with E-state index in [-0.39, 0.29) is 12.5 Å². The highest BCUT2D eigenvalue weighted by molar-refractivity contribution is 7.15. The Kier molecular flexibility index (Phi) is 5.93. The second-order valence-electron chi connectivity index (χ2n) is 5.66. The summed E-state index contributed by atoms with van der Waals surface area (Å²) in [5.74, 6) is 0.348. The Labute approximate surface area is 155 Å². The average molecular weight is 369 g/mol. The Morgan fingerprint density at radius 2 is 1.69 bits per heavy atom. The predicted octanol–water partition coefficient (Wildman–Crippen LogP) is 3.68.